The average Bonchev–Trinajstić information content (AvgIpc) is 2.05. The number of amidine groups is 1. The molecule has 0 radical (unpaired) electrons. The lowest BCUT2D eigenvalue weighted by Crippen LogP contribution is -2.26. The molecule has 0 atom stereocenters. The third-order valence-corrected chi connectivity index (χ3v) is 2.24. The Morgan fingerprint density at radius 2 is 2.50 bits per heavy atom. The predicted molar refractivity (Wildman–Crippen MR) is 54.9 cm³/mol. The van der Waals surface area contributed by atoms with E-state index >= 15 is 0 Å². The molecule has 1 rings (SSSR count). The van der Waals surface area contributed by atoms with Gasteiger partial charge in [-0.1, -0.05) is 11.8 Å². The Balaban J connectivity index is 2.14. The van der Waals surface area contributed by atoms with Crippen LogP contribution in [-0.4, -0.2) is 49.2 Å². The van der Waals surface area contributed by atoms with Crippen molar-refractivity contribution in [3.63, 3.8) is 0 Å². The van der Waals surface area contributed by atoms with Gasteiger partial charge < -0.3 is 10.2 Å². The smallest absolute Gasteiger partial charge is 0.183 e. The Morgan fingerprint density at radius 3 is 3.08 bits per heavy atom. The van der Waals surface area contributed by atoms with Gasteiger partial charge in [0.05, 0.1) is 6.54 Å². The monoisotopic (exact) mass is 186 g/mol. The number of thioether (sulfide) groups is 1. The number of nitrogens with one attached hydrogen (secondary N) is 1. The summed E-state index contributed by atoms with van der Waals surface area (Å²) in [5.74, 6) is 1.05. The van der Waals surface area contributed by atoms with Crippen LogP contribution in [0.25, 0.3) is 0 Å². The molecule has 0 aromatic heterocycles. The van der Waals surface area contributed by atoms with Crippen LogP contribution in [0.5, 0.6) is 0 Å². The van der Waals surface area contributed by atoms with Gasteiger partial charge in [0.1, 0.15) is 0 Å². The van der Waals surface area contributed by atoms with Gasteiger partial charge in [-0.05, 0) is 14.1 Å². The van der Waals surface area contributed by atoms with E-state index in [2.05, 4.69) is 34.5 Å². The van der Waals surface area contributed by atoms with Crippen molar-refractivity contribution in [1.29, 1.82) is 0 Å². The summed E-state index contributed by atoms with van der Waals surface area (Å²) in [5, 5.41) is 11.8. The molecular formula is C7H14N4S. The van der Waals surface area contributed by atoms with Crippen molar-refractivity contribution in [2.75, 3.05) is 32.9 Å². The zero-order valence-electron chi connectivity index (χ0n) is 7.45. The van der Waals surface area contributed by atoms with Crippen LogP contribution in [0, 0.1) is 0 Å². The molecular weight excluding hydrogens is 172 g/mol. The second-order valence-electron chi connectivity index (χ2n) is 2.74. The maximum Gasteiger partial charge on any atom is 0.183 e. The van der Waals surface area contributed by atoms with Crippen LogP contribution in [0.2, 0.25) is 0 Å². The molecule has 4 nitrogen and oxygen atoms in total. The molecule has 1 aliphatic rings. The molecule has 1 N–H and O–H groups in total. The van der Waals surface area contributed by atoms with Crippen LogP contribution in [0.4, 0.5) is 0 Å². The highest BCUT2D eigenvalue weighted by Crippen LogP contribution is 2.03. The minimum absolute atomic E-state index is 0.799. The molecule has 0 spiro atoms. The Morgan fingerprint density at radius 1 is 1.67 bits per heavy atom. The molecule has 1 aliphatic heterocycles. The van der Waals surface area contributed by atoms with E-state index in [0.29, 0.717) is 0 Å². The highest BCUT2D eigenvalue weighted by molar-refractivity contribution is 8.13. The normalized spacial score (nSPS) is 16.1. The SMILES string of the molecule is CN(C)CCSC1=NN=CCN1. The Bertz CT molecular complexity index is 188. The predicted octanol–water partition coefficient (Wildman–Crippen LogP) is 0.226. The van der Waals surface area contributed by atoms with Gasteiger partial charge in [-0.3, -0.25) is 0 Å². The first kappa shape index (κ1) is 9.54. The van der Waals surface area contributed by atoms with E-state index in [0.717, 1.165) is 24.0 Å². The van der Waals surface area contributed by atoms with Crippen LogP contribution < -0.4 is 5.32 Å². The van der Waals surface area contributed by atoms with Crippen molar-refractivity contribution >= 4 is 23.1 Å². The van der Waals surface area contributed by atoms with Gasteiger partial charge in [0.25, 0.3) is 0 Å². The molecule has 0 aromatic carbocycles. The maximum absolute atomic E-state index is 3.95. The molecule has 0 saturated heterocycles. The molecule has 0 aromatic rings. The fourth-order valence-corrected chi connectivity index (χ4v) is 1.65. The fraction of sp³-hybridized carbons (Fsp3) is 0.714. The molecule has 0 saturated carbocycles. The van der Waals surface area contributed by atoms with E-state index in [1.165, 1.54) is 0 Å². The quantitative estimate of drug-likeness (QED) is 0.685. The van der Waals surface area contributed by atoms with Gasteiger partial charge in [-0.15, -0.1) is 5.10 Å². The Kier molecular flexibility index (Phi) is 4.10. The Labute approximate surface area is 77.1 Å². The highest BCUT2D eigenvalue weighted by Gasteiger charge is 2.01. The summed E-state index contributed by atoms with van der Waals surface area (Å²) < 4.78 is 0. The first-order valence-corrected chi connectivity index (χ1v) is 4.88. The van der Waals surface area contributed by atoms with Crippen LogP contribution in [-0.2, 0) is 0 Å². The van der Waals surface area contributed by atoms with E-state index < -0.39 is 0 Å². The van der Waals surface area contributed by atoms with Crippen LogP contribution in [0.3, 0.4) is 0 Å². The minimum Gasteiger partial charge on any atom is -0.358 e. The van der Waals surface area contributed by atoms with Gasteiger partial charge in [-0.25, -0.2) is 0 Å². The van der Waals surface area contributed by atoms with Crippen molar-refractivity contribution < 1.29 is 0 Å². The van der Waals surface area contributed by atoms with Crippen molar-refractivity contribution in [2.24, 2.45) is 10.2 Å². The molecule has 68 valence electrons. The number of nitrogens with zero attached hydrogens (tertiary/aromatic N) is 3. The number of rotatable bonds is 3. The lowest BCUT2D eigenvalue weighted by Gasteiger charge is -2.11. The van der Waals surface area contributed by atoms with Gasteiger partial charge in [0, 0.05) is 18.5 Å². The van der Waals surface area contributed by atoms with E-state index in [1.807, 2.05) is 0 Å². The van der Waals surface area contributed by atoms with E-state index in [4.69, 9.17) is 0 Å². The maximum atomic E-state index is 3.95. The molecule has 12 heavy (non-hydrogen) atoms. The molecule has 0 aliphatic carbocycles. The summed E-state index contributed by atoms with van der Waals surface area (Å²) in [6, 6.07) is 0. The molecule has 0 unspecified atom stereocenters. The fourth-order valence-electron chi connectivity index (χ4n) is 0.707. The summed E-state index contributed by atoms with van der Waals surface area (Å²) in [5.41, 5.74) is 0. The molecule has 0 bridgehead atoms. The summed E-state index contributed by atoms with van der Waals surface area (Å²) in [6.45, 7) is 1.86. The third kappa shape index (κ3) is 3.73. The van der Waals surface area contributed by atoms with Crippen LogP contribution in [0.15, 0.2) is 10.2 Å². The zero-order valence-corrected chi connectivity index (χ0v) is 8.27. The van der Waals surface area contributed by atoms with Gasteiger partial charge in [0.15, 0.2) is 5.17 Å². The standard InChI is InChI=1S/C7H14N4S/c1-11(2)5-6-12-7-8-3-4-9-10-7/h4H,3,5-6H2,1-2H3,(H,8,10). The topological polar surface area (TPSA) is 40.0 Å². The van der Waals surface area contributed by atoms with Gasteiger partial charge in [-0.2, -0.15) is 5.10 Å². The third-order valence-electron chi connectivity index (χ3n) is 1.35. The summed E-state index contributed by atoms with van der Waals surface area (Å²) in [6.07, 6.45) is 1.76. The number of hydrogen-bond donors (Lipinski definition) is 1. The number of hydrogen-bond acceptors (Lipinski definition) is 5. The van der Waals surface area contributed by atoms with Crippen molar-refractivity contribution in [1.82, 2.24) is 10.2 Å². The minimum atomic E-state index is 0.799. The van der Waals surface area contributed by atoms with Gasteiger partial charge in [0.2, 0.25) is 0 Å². The first-order chi connectivity index (χ1) is 5.79. The lowest BCUT2D eigenvalue weighted by molar-refractivity contribution is 0.437. The van der Waals surface area contributed by atoms with E-state index in [1.54, 1.807) is 18.0 Å². The van der Waals surface area contributed by atoms with Crippen molar-refractivity contribution in [2.45, 2.75) is 0 Å². The summed E-state index contributed by atoms with van der Waals surface area (Å²) in [4.78, 5) is 2.15. The zero-order chi connectivity index (χ0) is 8.81. The highest BCUT2D eigenvalue weighted by atomic mass is 32.2. The van der Waals surface area contributed by atoms with E-state index in [-0.39, 0.29) is 0 Å². The lowest BCUT2D eigenvalue weighted by atomic mass is 10.7. The Hall–Kier alpha value is -0.550. The van der Waals surface area contributed by atoms with Crippen LogP contribution >= 0.6 is 11.8 Å². The second kappa shape index (κ2) is 5.16. The van der Waals surface area contributed by atoms with Crippen LogP contribution in [0.1, 0.15) is 0 Å². The van der Waals surface area contributed by atoms with E-state index in [9.17, 15) is 0 Å². The molecule has 1 heterocycles. The largest absolute Gasteiger partial charge is 0.358 e. The summed E-state index contributed by atoms with van der Waals surface area (Å²) in [7, 11) is 4.13. The molecule has 0 fully saturated rings. The second-order valence-corrected chi connectivity index (χ2v) is 3.82. The molecule has 0 amide bonds. The first-order valence-electron chi connectivity index (χ1n) is 3.90. The van der Waals surface area contributed by atoms with Crippen molar-refractivity contribution in [3.8, 4) is 0 Å². The van der Waals surface area contributed by atoms with Gasteiger partial charge >= 0.3 is 0 Å². The van der Waals surface area contributed by atoms with Crippen molar-refractivity contribution in [3.05, 3.63) is 0 Å². The molecule has 5 heteroatoms. The summed E-state index contributed by atoms with van der Waals surface area (Å²) >= 11 is 1.71. The average molecular weight is 186 g/mol.